The molecule has 2 N–H and O–H groups in total. The summed E-state index contributed by atoms with van der Waals surface area (Å²) in [5, 5.41) is 12.2. The number of nitrogens with zero attached hydrogens (tertiary/aromatic N) is 2. The minimum absolute atomic E-state index is 0.267. The minimum atomic E-state index is -0.484. The smallest absolute Gasteiger partial charge is 0.274 e. The Balaban J connectivity index is 0.000000486. The van der Waals surface area contributed by atoms with E-state index < -0.39 is 5.24 Å². The third-order valence-electron chi connectivity index (χ3n) is 7.97. The first kappa shape index (κ1) is 39.5. The summed E-state index contributed by atoms with van der Waals surface area (Å²) < 4.78 is 11.1. The molecule has 0 aromatic heterocycles. The molecule has 6 rings (SSSR count). The van der Waals surface area contributed by atoms with E-state index in [4.69, 9.17) is 44.3 Å². The first-order valence-electron chi connectivity index (χ1n) is 16.8. The maximum atomic E-state index is 13.4. The summed E-state index contributed by atoms with van der Waals surface area (Å²) >= 11 is 16.7. The van der Waals surface area contributed by atoms with E-state index in [0.717, 1.165) is 24.1 Å². The van der Waals surface area contributed by atoms with Crippen LogP contribution in [0.2, 0.25) is 10.0 Å². The number of carbonyl (C=O) groups is 4. The number of rotatable bonds is 10. The van der Waals surface area contributed by atoms with Gasteiger partial charge in [-0.3, -0.25) is 19.2 Å². The van der Waals surface area contributed by atoms with E-state index >= 15 is 0 Å². The van der Waals surface area contributed by atoms with Crippen LogP contribution in [0.5, 0.6) is 11.5 Å². The van der Waals surface area contributed by atoms with Gasteiger partial charge in [0.2, 0.25) is 0 Å². The standard InChI is InChI=1S/C34H31ClN4O5.C7H4Cl2O/c1-3-44-31-21-23(14-17-30(31)43-2)29-11-6-18-39(38-29)34(42)25-8-5-10-28(20-25)37-32(40)22-12-15-27(16-13-22)36-33(41)24-7-4-9-26(35)19-24;8-6-3-1-2-5(4-6)7(9)10/h4-5,7-10,12-17,19-21H,3,6,11,18H2,1-2H3,(H,36,41)(H,37,40);1-4H. The Morgan fingerprint density at radius 3 is 1.98 bits per heavy atom. The highest BCUT2D eigenvalue weighted by Crippen LogP contribution is 2.30. The summed E-state index contributed by atoms with van der Waals surface area (Å²) in [6.45, 7) is 2.88. The van der Waals surface area contributed by atoms with Crippen LogP contribution in [0.3, 0.4) is 0 Å². The van der Waals surface area contributed by atoms with Crippen LogP contribution < -0.4 is 20.1 Å². The van der Waals surface area contributed by atoms with Crippen LogP contribution in [0, 0.1) is 0 Å². The molecule has 0 saturated heterocycles. The van der Waals surface area contributed by atoms with Gasteiger partial charge in [0.05, 0.1) is 19.4 Å². The minimum Gasteiger partial charge on any atom is -0.493 e. The van der Waals surface area contributed by atoms with Crippen molar-refractivity contribution < 1.29 is 28.7 Å². The van der Waals surface area contributed by atoms with E-state index in [1.165, 1.54) is 11.1 Å². The number of methoxy groups -OCH3 is 1. The van der Waals surface area contributed by atoms with Gasteiger partial charge in [-0.25, -0.2) is 5.01 Å². The van der Waals surface area contributed by atoms with Gasteiger partial charge in [0.25, 0.3) is 23.0 Å². The van der Waals surface area contributed by atoms with Crippen molar-refractivity contribution in [2.24, 2.45) is 5.10 Å². The number of hydrazone groups is 1. The van der Waals surface area contributed by atoms with E-state index in [9.17, 15) is 19.2 Å². The summed E-state index contributed by atoms with van der Waals surface area (Å²) in [4.78, 5) is 49.4. The molecule has 0 fully saturated rings. The molecule has 1 aliphatic heterocycles. The zero-order valence-corrected chi connectivity index (χ0v) is 31.5. The number of anilines is 2. The Bertz CT molecular complexity index is 2190. The quantitative estimate of drug-likeness (QED) is 0.136. The molecule has 10 nitrogen and oxygen atoms in total. The molecule has 5 aromatic rings. The van der Waals surface area contributed by atoms with E-state index in [-0.39, 0.29) is 17.7 Å². The van der Waals surface area contributed by atoms with Crippen LogP contribution in [-0.4, -0.2) is 53.9 Å². The Morgan fingerprint density at radius 1 is 0.704 bits per heavy atom. The van der Waals surface area contributed by atoms with Crippen molar-refractivity contribution in [1.29, 1.82) is 0 Å². The first-order chi connectivity index (χ1) is 26.0. The molecular formula is C41H35Cl3N4O6. The van der Waals surface area contributed by atoms with Crippen LogP contribution in [0.1, 0.15) is 66.8 Å². The van der Waals surface area contributed by atoms with E-state index in [0.29, 0.717) is 68.3 Å². The summed E-state index contributed by atoms with van der Waals surface area (Å²) in [7, 11) is 1.59. The second-order valence-electron chi connectivity index (χ2n) is 11.7. The molecule has 54 heavy (non-hydrogen) atoms. The molecule has 1 aliphatic rings. The van der Waals surface area contributed by atoms with E-state index in [2.05, 4.69) is 15.7 Å². The highest BCUT2D eigenvalue weighted by atomic mass is 35.5. The maximum Gasteiger partial charge on any atom is 0.274 e. The van der Waals surface area contributed by atoms with Crippen molar-refractivity contribution in [3.63, 3.8) is 0 Å². The van der Waals surface area contributed by atoms with Crippen molar-refractivity contribution in [1.82, 2.24) is 5.01 Å². The lowest BCUT2D eigenvalue weighted by Crippen LogP contribution is -2.32. The van der Waals surface area contributed by atoms with E-state index in [1.807, 2.05) is 25.1 Å². The lowest BCUT2D eigenvalue weighted by molar-refractivity contribution is 0.0751. The first-order valence-corrected chi connectivity index (χ1v) is 17.9. The molecule has 276 valence electrons. The third-order valence-corrected chi connectivity index (χ3v) is 8.66. The van der Waals surface area contributed by atoms with Gasteiger partial charge in [-0.2, -0.15) is 5.10 Å². The fourth-order valence-electron chi connectivity index (χ4n) is 5.35. The van der Waals surface area contributed by atoms with Crippen molar-refractivity contribution in [2.45, 2.75) is 19.8 Å². The molecular weight excluding hydrogens is 751 g/mol. The predicted octanol–water partition coefficient (Wildman–Crippen LogP) is 9.61. The molecule has 0 bridgehead atoms. The molecule has 0 radical (unpaired) electrons. The molecule has 0 aliphatic carbocycles. The summed E-state index contributed by atoms with van der Waals surface area (Å²) in [5.74, 6) is 0.326. The second kappa shape index (κ2) is 18.9. The van der Waals surface area contributed by atoms with Crippen LogP contribution in [0.4, 0.5) is 11.4 Å². The van der Waals surface area contributed by atoms with Crippen molar-refractivity contribution >= 4 is 74.9 Å². The molecule has 0 saturated carbocycles. The fourth-order valence-corrected chi connectivity index (χ4v) is 5.84. The Hall–Kier alpha value is -5.68. The number of nitrogens with one attached hydrogen (secondary N) is 2. The highest BCUT2D eigenvalue weighted by molar-refractivity contribution is 6.67. The Labute approximate surface area is 327 Å². The molecule has 0 atom stereocenters. The summed E-state index contributed by atoms with van der Waals surface area (Å²) in [5.41, 5.74) is 4.29. The van der Waals surface area contributed by atoms with Crippen molar-refractivity contribution in [2.75, 3.05) is 30.9 Å². The zero-order valence-electron chi connectivity index (χ0n) is 29.3. The fraction of sp³-hybridized carbons (Fsp3) is 0.146. The highest BCUT2D eigenvalue weighted by Gasteiger charge is 2.22. The molecule has 1 heterocycles. The van der Waals surface area contributed by atoms with Crippen LogP contribution in [0.15, 0.2) is 120 Å². The van der Waals surface area contributed by atoms with Crippen LogP contribution >= 0.6 is 34.8 Å². The number of hydrogen-bond donors (Lipinski definition) is 2. The van der Waals surface area contributed by atoms with E-state index in [1.54, 1.807) is 98.1 Å². The SMILES string of the molecule is CCOc1cc(C2=NN(C(=O)c3cccc(NC(=O)c4ccc(NC(=O)c5cccc(Cl)c5)cc4)c3)CCC2)ccc1OC.O=C(Cl)c1cccc(Cl)c1. The molecule has 13 heteroatoms. The number of amides is 3. The second-order valence-corrected chi connectivity index (χ2v) is 13.0. The normalized spacial score (nSPS) is 12.0. The average molecular weight is 786 g/mol. The number of carbonyl (C=O) groups excluding carboxylic acids is 4. The number of halogens is 3. The number of ether oxygens (including phenoxy) is 2. The van der Waals surface area contributed by atoms with Gasteiger partial charge < -0.3 is 20.1 Å². The van der Waals surface area contributed by atoms with Crippen molar-refractivity contribution in [3.05, 3.63) is 153 Å². The monoisotopic (exact) mass is 784 g/mol. The third kappa shape index (κ3) is 10.7. The van der Waals surface area contributed by atoms with Gasteiger partial charge >= 0.3 is 0 Å². The largest absolute Gasteiger partial charge is 0.493 e. The zero-order chi connectivity index (χ0) is 38.6. The lowest BCUT2D eigenvalue weighted by Gasteiger charge is -2.24. The van der Waals surface area contributed by atoms with Gasteiger partial charge in [0, 0.05) is 55.8 Å². The van der Waals surface area contributed by atoms with Crippen LogP contribution in [0.25, 0.3) is 0 Å². The van der Waals surface area contributed by atoms with Gasteiger partial charge in [0.1, 0.15) is 0 Å². The lowest BCUT2D eigenvalue weighted by atomic mass is 10.0. The van der Waals surface area contributed by atoms with Crippen LogP contribution in [-0.2, 0) is 0 Å². The summed E-state index contributed by atoms with van der Waals surface area (Å²) in [6.07, 6.45) is 1.48. The molecule has 0 spiro atoms. The Kier molecular flexibility index (Phi) is 13.8. The summed E-state index contributed by atoms with van der Waals surface area (Å²) in [6, 6.07) is 32.0. The Morgan fingerprint density at radius 2 is 1.33 bits per heavy atom. The average Bonchev–Trinajstić information content (AvgIpc) is 3.18. The van der Waals surface area contributed by atoms with Crippen molar-refractivity contribution in [3.8, 4) is 11.5 Å². The molecule has 3 amide bonds. The van der Waals surface area contributed by atoms with Gasteiger partial charge in [-0.05, 0) is 128 Å². The van der Waals surface area contributed by atoms with Gasteiger partial charge in [-0.15, -0.1) is 0 Å². The predicted molar refractivity (Wildman–Crippen MR) is 213 cm³/mol. The molecule has 5 aromatic carbocycles. The number of hydrogen-bond acceptors (Lipinski definition) is 7. The van der Waals surface area contributed by atoms with Gasteiger partial charge in [0.15, 0.2) is 11.5 Å². The maximum absolute atomic E-state index is 13.4. The molecule has 0 unspecified atom stereocenters. The topological polar surface area (TPSA) is 126 Å². The number of benzene rings is 5. The van der Waals surface area contributed by atoms with Gasteiger partial charge in [-0.1, -0.05) is 41.4 Å².